The summed E-state index contributed by atoms with van der Waals surface area (Å²) in [5.41, 5.74) is -0.487. The first-order valence-electron chi connectivity index (χ1n) is 10.7. The number of fused-ring (bicyclic) bond motifs is 1. The van der Waals surface area contributed by atoms with Gasteiger partial charge in [0.1, 0.15) is 9.71 Å². The second-order valence-corrected chi connectivity index (χ2v) is 10.2. The van der Waals surface area contributed by atoms with Gasteiger partial charge in [0.25, 0.3) is 5.91 Å². The fourth-order valence-electron chi connectivity index (χ4n) is 4.19. The lowest BCUT2D eigenvalue weighted by Crippen LogP contribution is -2.42. The van der Waals surface area contributed by atoms with Gasteiger partial charge in [0.05, 0.1) is 16.1 Å². The van der Waals surface area contributed by atoms with Crippen LogP contribution < -0.4 is 5.32 Å². The lowest BCUT2D eigenvalue weighted by Gasteiger charge is -2.29. The van der Waals surface area contributed by atoms with Gasteiger partial charge in [0, 0.05) is 11.4 Å². The zero-order chi connectivity index (χ0) is 23.8. The van der Waals surface area contributed by atoms with Gasteiger partial charge in [0.15, 0.2) is 6.61 Å². The average molecular weight is 497 g/mol. The minimum absolute atomic E-state index is 0.0187. The Morgan fingerprint density at radius 3 is 2.70 bits per heavy atom. The summed E-state index contributed by atoms with van der Waals surface area (Å²) in [6.45, 7) is 3.04. The molecule has 1 aliphatic carbocycles. The topological polar surface area (TPSA) is 68.3 Å². The molecule has 0 aromatic carbocycles. The lowest BCUT2D eigenvalue weighted by molar-refractivity contribution is -0.136. The van der Waals surface area contributed by atoms with Crippen LogP contribution in [0, 0.1) is 12.8 Å². The fraction of sp³-hybridized carbons (Fsp3) is 0.435. The number of hydrogen-bond donors (Lipinski definition) is 1. The molecule has 0 bridgehead atoms. The lowest BCUT2D eigenvalue weighted by atomic mass is 9.86. The number of esters is 1. The largest absolute Gasteiger partial charge is 0.451 e. The number of alkyl halides is 3. The number of halogens is 3. The SMILES string of the molecule is Cc1c(C(=O)OCC(=O)NC2CCCCC2C)sc2nc(-c3cccs3)cc(C(F)(F)F)c12. The predicted octanol–water partition coefficient (Wildman–Crippen LogP) is 6.20. The number of rotatable bonds is 5. The minimum Gasteiger partial charge on any atom is -0.451 e. The summed E-state index contributed by atoms with van der Waals surface area (Å²) in [7, 11) is 0. The zero-order valence-corrected chi connectivity index (χ0v) is 19.8. The molecule has 0 aliphatic heterocycles. The number of aryl methyl sites for hydroxylation is 1. The van der Waals surface area contributed by atoms with Gasteiger partial charge in [-0.25, -0.2) is 9.78 Å². The van der Waals surface area contributed by atoms with Crippen LogP contribution in [0.15, 0.2) is 23.6 Å². The van der Waals surface area contributed by atoms with Crippen LogP contribution >= 0.6 is 22.7 Å². The number of carbonyl (C=O) groups is 2. The maximum atomic E-state index is 13.8. The predicted molar refractivity (Wildman–Crippen MR) is 123 cm³/mol. The third kappa shape index (κ3) is 5.06. The Balaban J connectivity index is 1.57. The van der Waals surface area contributed by atoms with Crippen molar-refractivity contribution >= 4 is 44.8 Å². The summed E-state index contributed by atoms with van der Waals surface area (Å²) in [5.74, 6) is -0.879. The van der Waals surface area contributed by atoms with Crippen LogP contribution in [0.5, 0.6) is 0 Å². The molecule has 1 amide bonds. The van der Waals surface area contributed by atoms with Crippen LogP contribution in [0.25, 0.3) is 20.8 Å². The van der Waals surface area contributed by atoms with Gasteiger partial charge in [0.2, 0.25) is 0 Å². The third-order valence-corrected chi connectivity index (χ3v) is 8.02. The molecule has 10 heteroatoms. The van der Waals surface area contributed by atoms with Crippen molar-refractivity contribution in [1.82, 2.24) is 10.3 Å². The van der Waals surface area contributed by atoms with Gasteiger partial charge < -0.3 is 10.1 Å². The molecule has 1 saturated carbocycles. The average Bonchev–Trinajstić information content (AvgIpc) is 3.41. The van der Waals surface area contributed by atoms with E-state index < -0.39 is 30.2 Å². The van der Waals surface area contributed by atoms with Gasteiger partial charge in [-0.1, -0.05) is 25.8 Å². The van der Waals surface area contributed by atoms with Crippen LogP contribution in [0.4, 0.5) is 13.2 Å². The third-order valence-electron chi connectivity index (χ3n) is 5.96. The van der Waals surface area contributed by atoms with E-state index in [9.17, 15) is 22.8 Å². The van der Waals surface area contributed by atoms with Crippen molar-refractivity contribution in [3.05, 3.63) is 39.6 Å². The van der Waals surface area contributed by atoms with E-state index in [0.717, 1.165) is 43.1 Å². The molecule has 5 nitrogen and oxygen atoms in total. The highest BCUT2D eigenvalue weighted by atomic mass is 32.1. The molecular formula is C23H23F3N2O3S2. The molecule has 1 fully saturated rings. The Hall–Kier alpha value is -2.46. The van der Waals surface area contributed by atoms with Crippen LogP contribution in [0.2, 0.25) is 0 Å². The highest BCUT2D eigenvalue weighted by molar-refractivity contribution is 7.20. The van der Waals surface area contributed by atoms with E-state index in [2.05, 4.69) is 17.2 Å². The van der Waals surface area contributed by atoms with Gasteiger partial charge in [-0.3, -0.25) is 4.79 Å². The van der Waals surface area contributed by atoms with Gasteiger partial charge in [-0.15, -0.1) is 22.7 Å². The quantitative estimate of drug-likeness (QED) is 0.427. The number of aromatic nitrogens is 1. The molecule has 33 heavy (non-hydrogen) atoms. The number of amides is 1. The molecule has 3 aromatic heterocycles. The normalized spacial score (nSPS) is 18.9. The van der Waals surface area contributed by atoms with Gasteiger partial charge >= 0.3 is 12.1 Å². The molecule has 4 rings (SSSR count). The number of hydrogen-bond acceptors (Lipinski definition) is 6. The monoisotopic (exact) mass is 496 g/mol. The standard InChI is InChI=1S/C23H23F3N2O3S2/c1-12-6-3-4-7-15(12)27-18(29)11-31-22(30)20-13(2)19-14(23(24,25)26)10-16(28-21(19)33-20)17-8-5-9-32-17/h5,8-10,12,15H,3-4,6-7,11H2,1-2H3,(H,27,29). The van der Waals surface area contributed by atoms with Crippen LogP contribution in [0.3, 0.4) is 0 Å². The highest BCUT2D eigenvalue weighted by Crippen LogP contribution is 2.42. The Labute approximate surface area is 197 Å². The van der Waals surface area contributed by atoms with Crippen LogP contribution in [-0.2, 0) is 15.7 Å². The van der Waals surface area contributed by atoms with Gasteiger partial charge in [-0.2, -0.15) is 13.2 Å². The van der Waals surface area contributed by atoms with Crippen molar-refractivity contribution in [2.75, 3.05) is 6.61 Å². The van der Waals surface area contributed by atoms with E-state index in [1.54, 1.807) is 17.5 Å². The summed E-state index contributed by atoms with van der Waals surface area (Å²) in [4.78, 5) is 30.0. The van der Waals surface area contributed by atoms with Crippen molar-refractivity contribution in [3.63, 3.8) is 0 Å². The van der Waals surface area contributed by atoms with Crippen molar-refractivity contribution in [3.8, 4) is 10.6 Å². The summed E-state index contributed by atoms with van der Waals surface area (Å²) in [6.07, 6.45) is -0.521. The minimum atomic E-state index is -4.61. The van der Waals surface area contributed by atoms with Crippen molar-refractivity contribution in [1.29, 1.82) is 0 Å². The number of pyridine rings is 1. The molecule has 1 N–H and O–H groups in total. The second-order valence-electron chi connectivity index (χ2n) is 8.28. The Morgan fingerprint density at radius 1 is 1.27 bits per heavy atom. The fourth-order valence-corrected chi connectivity index (χ4v) is 5.98. The molecule has 0 spiro atoms. The van der Waals surface area contributed by atoms with E-state index in [1.165, 1.54) is 18.3 Å². The van der Waals surface area contributed by atoms with Crippen molar-refractivity contribution in [2.45, 2.75) is 51.7 Å². The summed E-state index contributed by atoms with van der Waals surface area (Å²) in [5, 5.41) is 4.55. The van der Waals surface area contributed by atoms with Crippen LogP contribution in [0.1, 0.15) is 53.4 Å². The first-order chi connectivity index (χ1) is 15.6. The summed E-state index contributed by atoms with van der Waals surface area (Å²) in [6, 6.07) is 4.49. The van der Waals surface area contributed by atoms with E-state index in [-0.39, 0.29) is 32.4 Å². The van der Waals surface area contributed by atoms with E-state index in [1.807, 2.05) is 0 Å². The first-order valence-corrected chi connectivity index (χ1v) is 12.4. The zero-order valence-electron chi connectivity index (χ0n) is 18.1. The highest BCUT2D eigenvalue weighted by Gasteiger charge is 2.36. The van der Waals surface area contributed by atoms with E-state index >= 15 is 0 Å². The molecule has 1 aliphatic rings. The number of thiophene rings is 2. The van der Waals surface area contributed by atoms with Crippen LogP contribution in [-0.4, -0.2) is 29.5 Å². The molecule has 176 valence electrons. The van der Waals surface area contributed by atoms with E-state index in [4.69, 9.17) is 4.74 Å². The second kappa shape index (κ2) is 9.42. The molecule has 3 aromatic rings. The number of ether oxygens (including phenoxy) is 1. The molecule has 3 heterocycles. The number of nitrogens with zero attached hydrogens (tertiary/aromatic N) is 1. The van der Waals surface area contributed by atoms with E-state index in [0.29, 0.717) is 10.8 Å². The molecule has 2 unspecified atom stereocenters. The number of carbonyl (C=O) groups excluding carboxylic acids is 2. The number of nitrogens with one attached hydrogen (secondary N) is 1. The summed E-state index contributed by atoms with van der Waals surface area (Å²) < 4.78 is 46.7. The molecule has 2 atom stereocenters. The Kier molecular flexibility index (Phi) is 6.76. The first kappa shape index (κ1) is 23.7. The maximum absolute atomic E-state index is 13.8. The van der Waals surface area contributed by atoms with Crippen molar-refractivity contribution in [2.24, 2.45) is 5.92 Å². The van der Waals surface area contributed by atoms with Gasteiger partial charge in [-0.05, 0) is 48.8 Å². The molecule has 0 radical (unpaired) electrons. The smallest absolute Gasteiger partial charge is 0.417 e. The Bertz CT molecular complexity index is 1170. The van der Waals surface area contributed by atoms with Crippen molar-refractivity contribution < 1.29 is 27.5 Å². The maximum Gasteiger partial charge on any atom is 0.417 e. The summed E-state index contributed by atoms with van der Waals surface area (Å²) >= 11 is 2.13. The Morgan fingerprint density at radius 2 is 2.03 bits per heavy atom. The molecular weight excluding hydrogens is 473 g/mol. The molecule has 0 saturated heterocycles.